The minimum absolute atomic E-state index is 0.0639. The molecule has 0 bridgehead atoms. The molecule has 0 saturated heterocycles. The number of ether oxygens (including phenoxy) is 1. The van der Waals surface area contributed by atoms with E-state index in [4.69, 9.17) is 4.74 Å². The standard InChI is InChI=1S/C22H36O3/c1-21-10-8-15(23)12-14(21)4-5-16-17-6-7-19(20(24)13-25-3)22(17,2)11-9-18(16)21/h14-19,23H,4-13H2,1-3H3/t14?,15?,16-,17-,18-,19+,21-,22-/m0/s1. The summed E-state index contributed by atoms with van der Waals surface area (Å²) in [5.41, 5.74) is 0.631. The molecule has 0 aromatic carbocycles. The van der Waals surface area contributed by atoms with E-state index in [1.54, 1.807) is 7.11 Å². The molecule has 4 rings (SSSR count). The van der Waals surface area contributed by atoms with E-state index in [0.29, 0.717) is 23.7 Å². The van der Waals surface area contributed by atoms with Crippen molar-refractivity contribution in [2.45, 2.75) is 77.7 Å². The van der Waals surface area contributed by atoms with Crippen LogP contribution in [0, 0.1) is 40.4 Å². The summed E-state index contributed by atoms with van der Waals surface area (Å²) in [6.45, 7) is 5.24. The van der Waals surface area contributed by atoms with Crippen LogP contribution in [0.2, 0.25) is 0 Å². The number of ketones is 1. The van der Waals surface area contributed by atoms with E-state index in [1.165, 1.54) is 38.5 Å². The van der Waals surface area contributed by atoms with Crippen LogP contribution in [0.3, 0.4) is 0 Å². The van der Waals surface area contributed by atoms with Crippen LogP contribution < -0.4 is 0 Å². The molecule has 4 aliphatic carbocycles. The smallest absolute Gasteiger partial charge is 0.162 e. The van der Waals surface area contributed by atoms with Gasteiger partial charge < -0.3 is 9.84 Å². The number of methoxy groups -OCH3 is 1. The minimum Gasteiger partial charge on any atom is -0.393 e. The molecular formula is C22H36O3. The maximum atomic E-state index is 12.6. The summed E-state index contributed by atoms with van der Waals surface area (Å²) in [7, 11) is 1.64. The predicted molar refractivity (Wildman–Crippen MR) is 98.1 cm³/mol. The van der Waals surface area contributed by atoms with Crippen LogP contribution in [-0.2, 0) is 9.53 Å². The van der Waals surface area contributed by atoms with Crippen LogP contribution >= 0.6 is 0 Å². The van der Waals surface area contributed by atoms with E-state index in [9.17, 15) is 9.90 Å². The van der Waals surface area contributed by atoms with Gasteiger partial charge in [-0.25, -0.2) is 0 Å². The lowest BCUT2D eigenvalue weighted by Crippen LogP contribution is -2.54. The van der Waals surface area contributed by atoms with Gasteiger partial charge in [0.15, 0.2) is 5.78 Å². The van der Waals surface area contributed by atoms with Gasteiger partial charge in [0.05, 0.1) is 6.10 Å². The Bertz CT molecular complexity index is 531. The normalized spacial score (nSPS) is 52.2. The molecule has 3 nitrogen and oxygen atoms in total. The van der Waals surface area contributed by atoms with E-state index < -0.39 is 0 Å². The third-order valence-corrected chi connectivity index (χ3v) is 9.31. The number of hydrogen-bond donors (Lipinski definition) is 1. The average Bonchev–Trinajstić information content (AvgIpc) is 2.93. The zero-order valence-electron chi connectivity index (χ0n) is 16.3. The molecule has 3 heteroatoms. The summed E-state index contributed by atoms with van der Waals surface area (Å²) >= 11 is 0. The highest BCUT2D eigenvalue weighted by molar-refractivity contribution is 5.83. The van der Waals surface area contributed by atoms with Crippen LogP contribution in [0.15, 0.2) is 0 Å². The third kappa shape index (κ3) is 2.64. The largest absolute Gasteiger partial charge is 0.393 e. The molecule has 4 saturated carbocycles. The van der Waals surface area contributed by atoms with Crippen molar-refractivity contribution in [1.82, 2.24) is 0 Å². The summed E-state index contributed by atoms with van der Waals surface area (Å²) in [6.07, 6.45) is 10.6. The van der Waals surface area contributed by atoms with Crippen LogP contribution in [0.4, 0.5) is 0 Å². The summed E-state index contributed by atoms with van der Waals surface area (Å²) in [5, 5.41) is 10.1. The molecular weight excluding hydrogens is 312 g/mol. The lowest BCUT2D eigenvalue weighted by Gasteiger charge is -2.60. The van der Waals surface area contributed by atoms with E-state index in [1.807, 2.05) is 0 Å². The fraction of sp³-hybridized carbons (Fsp3) is 0.955. The fourth-order valence-electron chi connectivity index (χ4n) is 8.01. The Morgan fingerprint density at radius 2 is 1.72 bits per heavy atom. The molecule has 142 valence electrons. The average molecular weight is 349 g/mol. The maximum absolute atomic E-state index is 12.6. The van der Waals surface area contributed by atoms with Gasteiger partial charge in [0.1, 0.15) is 6.61 Å². The Labute approximate surface area is 152 Å². The number of carbonyl (C=O) groups excluding carboxylic acids is 1. The highest BCUT2D eigenvalue weighted by Crippen LogP contribution is 2.67. The Morgan fingerprint density at radius 3 is 2.48 bits per heavy atom. The molecule has 0 heterocycles. The van der Waals surface area contributed by atoms with Crippen LogP contribution in [0.25, 0.3) is 0 Å². The summed E-state index contributed by atoms with van der Waals surface area (Å²) in [5.74, 6) is 3.61. The minimum atomic E-state index is -0.0639. The zero-order chi connectivity index (χ0) is 17.8. The number of fused-ring (bicyclic) bond motifs is 5. The van der Waals surface area contributed by atoms with Gasteiger partial charge in [-0.15, -0.1) is 0 Å². The maximum Gasteiger partial charge on any atom is 0.162 e. The van der Waals surface area contributed by atoms with Crippen LogP contribution in [0.1, 0.15) is 71.6 Å². The molecule has 4 aliphatic rings. The van der Waals surface area contributed by atoms with Gasteiger partial charge in [0.2, 0.25) is 0 Å². The lowest BCUT2D eigenvalue weighted by molar-refractivity contribution is -0.142. The van der Waals surface area contributed by atoms with Crippen molar-refractivity contribution in [3.63, 3.8) is 0 Å². The quantitative estimate of drug-likeness (QED) is 0.830. The summed E-state index contributed by atoms with van der Waals surface area (Å²) in [6, 6.07) is 0. The van der Waals surface area contributed by atoms with Crippen LogP contribution in [0.5, 0.6) is 0 Å². The zero-order valence-corrected chi connectivity index (χ0v) is 16.3. The van der Waals surface area contributed by atoms with Gasteiger partial charge in [-0.1, -0.05) is 13.8 Å². The van der Waals surface area contributed by atoms with E-state index in [-0.39, 0.29) is 17.4 Å². The number of rotatable bonds is 3. The first-order chi connectivity index (χ1) is 11.9. The van der Waals surface area contributed by atoms with Crippen molar-refractivity contribution in [2.24, 2.45) is 40.4 Å². The molecule has 0 aromatic heterocycles. The molecule has 4 fully saturated rings. The second-order valence-electron chi connectivity index (χ2n) is 10.2. The van der Waals surface area contributed by atoms with E-state index in [2.05, 4.69) is 13.8 Å². The lowest BCUT2D eigenvalue weighted by atomic mass is 9.44. The second kappa shape index (κ2) is 6.34. The number of aliphatic hydroxyl groups excluding tert-OH is 1. The number of carbonyl (C=O) groups is 1. The fourth-order valence-corrected chi connectivity index (χ4v) is 8.01. The summed E-state index contributed by atoms with van der Waals surface area (Å²) in [4.78, 5) is 12.6. The second-order valence-corrected chi connectivity index (χ2v) is 10.2. The van der Waals surface area contributed by atoms with Gasteiger partial charge in [-0.2, -0.15) is 0 Å². The molecule has 0 aliphatic heterocycles. The number of aliphatic hydroxyl groups is 1. The molecule has 0 spiro atoms. The Kier molecular flexibility index (Phi) is 4.56. The summed E-state index contributed by atoms with van der Waals surface area (Å²) < 4.78 is 5.17. The molecule has 2 unspecified atom stereocenters. The topological polar surface area (TPSA) is 46.5 Å². The molecule has 25 heavy (non-hydrogen) atoms. The molecule has 0 radical (unpaired) electrons. The van der Waals surface area contributed by atoms with Crippen molar-refractivity contribution < 1.29 is 14.6 Å². The van der Waals surface area contributed by atoms with Gasteiger partial charge in [-0.3, -0.25) is 4.79 Å². The first-order valence-electron chi connectivity index (χ1n) is 10.6. The first-order valence-corrected chi connectivity index (χ1v) is 10.6. The van der Waals surface area contributed by atoms with E-state index in [0.717, 1.165) is 37.0 Å². The van der Waals surface area contributed by atoms with Crippen molar-refractivity contribution in [1.29, 1.82) is 0 Å². The highest BCUT2D eigenvalue weighted by Gasteiger charge is 2.61. The van der Waals surface area contributed by atoms with Gasteiger partial charge in [0.25, 0.3) is 0 Å². The highest BCUT2D eigenvalue weighted by atomic mass is 16.5. The van der Waals surface area contributed by atoms with Gasteiger partial charge in [0, 0.05) is 13.0 Å². The van der Waals surface area contributed by atoms with Crippen LogP contribution in [-0.4, -0.2) is 30.7 Å². The number of hydrogen-bond acceptors (Lipinski definition) is 3. The SMILES string of the molecule is COCC(=O)[C@H]1CC[C@H]2[C@@H]3CCC4CC(O)CC[C@]4(C)[C@H]3CC[C@]12C. The number of Topliss-reactive ketones (excluding diaryl/α,β-unsaturated/α-hetero) is 1. The van der Waals surface area contributed by atoms with E-state index >= 15 is 0 Å². The Morgan fingerprint density at radius 1 is 1.00 bits per heavy atom. The Hall–Kier alpha value is -0.410. The third-order valence-electron chi connectivity index (χ3n) is 9.31. The van der Waals surface area contributed by atoms with Crippen molar-refractivity contribution >= 4 is 5.78 Å². The molecule has 8 atom stereocenters. The first kappa shape index (κ1) is 18.0. The van der Waals surface area contributed by atoms with Gasteiger partial charge >= 0.3 is 0 Å². The Balaban J connectivity index is 1.57. The van der Waals surface area contributed by atoms with Crippen molar-refractivity contribution in [3.8, 4) is 0 Å². The molecule has 0 amide bonds. The monoisotopic (exact) mass is 348 g/mol. The van der Waals surface area contributed by atoms with Crippen molar-refractivity contribution in [3.05, 3.63) is 0 Å². The molecule has 0 aromatic rings. The molecule has 1 N–H and O–H groups in total. The van der Waals surface area contributed by atoms with Crippen molar-refractivity contribution in [2.75, 3.05) is 13.7 Å². The predicted octanol–water partition coefficient (Wildman–Crippen LogP) is 4.22. The van der Waals surface area contributed by atoms with Gasteiger partial charge in [-0.05, 0) is 92.3 Å².